The molecule has 1 heterocycles. The van der Waals surface area contributed by atoms with Gasteiger partial charge in [-0.2, -0.15) is 0 Å². The minimum Gasteiger partial charge on any atom is -0.308 e. The molecular weight excluding hydrogens is 304 g/mol. The van der Waals surface area contributed by atoms with Gasteiger partial charge in [-0.3, -0.25) is 4.98 Å². The maximum atomic E-state index is 7.24. The molecule has 1 radical (unpaired) electrons. The molecular formula is C23H35N2. The summed E-state index contributed by atoms with van der Waals surface area (Å²) in [6.45, 7) is 19.0. The quantitative estimate of drug-likeness (QED) is 0.240. The van der Waals surface area contributed by atoms with Gasteiger partial charge in [0.1, 0.15) is 0 Å². The molecule has 1 aromatic rings. The van der Waals surface area contributed by atoms with E-state index in [0.29, 0.717) is 0 Å². The summed E-state index contributed by atoms with van der Waals surface area (Å²) >= 11 is 0. The van der Waals surface area contributed by atoms with Crippen LogP contribution >= 0.6 is 0 Å². The van der Waals surface area contributed by atoms with E-state index in [-0.39, 0.29) is 0 Å². The van der Waals surface area contributed by atoms with E-state index in [1.54, 1.807) is 0 Å². The molecule has 0 amide bonds. The highest BCUT2D eigenvalue weighted by atomic mass is 14.7. The Labute approximate surface area is 155 Å². The third kappa shape index (κ3) is 12.9. The predicted octanol–water partition coefficient (Wildman–Crippen LogP) is 6.80. The van der Waals surface area contributed by atoms with Crippen molar-refractivity contribution in [3.05, 3.63) is 71.8 Å². The minimum absolute atomic E-state index is 0.955. The fourth-order valence-electron chi connectivity index (χ4n) is 2.15. The number of nitrogens with one attached hydrogen (secondary N) is 1. The van der Waals surface area contributed by atoms with Crippen molar-refractivity contribution >= 4 is 6.21 Å². The second-order valence-electron chi connectivity index (χ2n) is 5.28. The number of pyridine rings is 1. The van der Waals surface area contributed by atoms with Crippen molar-refractivity contribution < 1.29 is 0 Å². The lowest BCUT2D eigenvalue weighted by molar-refractivity contribution is 0.849. The van der Waals surface area contributed by atoms with Crippen molar-refractivity contribution in [3.8, 4) is 0 Å². The number of hydrogen-bond acceptors (Lipinski definition) is 2. The summed E-state index contributed by atoms with van der Waals surface area (Å²) in [5.41, 5.74) is 6.86. The molecule has 0 aliphatic heterocycles. The summed E-state index contributed by atoms with van der Waals surface area (Å²) in [6.07, 6.45) is 14.4. The molecule has 1 rings (SSSR count). The summed E-state index contributed by atoms with van der Waals surface area (Å²) < 4.78 is 0. The van der Waals surface area contributed by atoms with Gasteiger partial charge < -0.3 is 5.41 Å². The molecule has 0 spiro atoms. The van der Waals surface area contributed by atoms with Gasteiger partial charge >= 0.3 is 0 Å². The normalized spacial score (nSPS) is 9.16. The summed E-state index contributed by atoms with van der Waals surface area (Å²) in [4.78, 5) is 4.14. The third-order valence-corrected chi connectivity index (χ3v) is 3.31. The number of nitrogens with zero attached hydrogens (tertiary/aromatic N) is 1. The van der Waals surface area contributed by atoms with E-state index >= 15 is 0 Å². The fraction of sp³-hybridized carbons (Fsp3) is 0.435. The third-order valence-electron chi connectivity index (χ3n) is 3.31. The number of aromatic nitrogens is 1. The molecule has 0 unspecified atom stereocenters. The Morgan fingerprint density at radius 2 is 2.08 bits per heavy atom. The predicted molar refractivity (Wildman–Crippen MR) is 112 cm³/mol. The average molecular weight is 340 g/mol. The first-order valence-electron chi connectivity index (χ1n) is 9.13. The van der Waals surface area contributed by atoms with Crippen LogP contribution in [0, 0.1) is 18.9 Å². The Hall–Kier alpha value is -2.18. The van der Waals surface area contributed by atoms with Gasteiger partial charge in [-0.05, 0) is 63.8 Å². The van der Waals surface area contributed by atoms with Crippen LogP contribution in [0.3, 0.4) is 0 Å². The Morgan fingerprint density at radius 3 is 2.60 bits per heavy atom. The van der Waals surface area contributed by atoms with Gasteiger partial charge in [0.05, 0.1) is 0 Å². The van der Waals surface area contributed by atoms with E-state index < -0.39 is 0 Å². The highest BCUT2D eigenvalue weighted by molar-refractivity contribution is 5.80. The molecule has 0 atom stereocenters. The molecule has 0 fully saturated rings. The number of hydrogen-bond donors (Lipinski definition) is 1. The van der Waals surface area contributed by atoms with Crippen molar-refractivity contribution in [2.24, 2.45) is 0 Å². The highest BCUT2D eigenvalue weighted by Crippen LogP contribution is 2.11. The number of aryl methyl sites for hydroxylation is 2. The molecule has 0 aromatic carbocycles. The van der Waals surface area contributed by atoms with E-state index in [1.165, 1.54) is 17.4 Å². The van der Waals surface area contributed by atoms with Gasteiger partial charge in [0.15, 0.2) is 0 Å². The molecule has 137 valence electrons. The monoisotopic (exact) mass is 339 g/mol. The molecule has 0 aliphatic carbocycles. The lowest BCUT2D eigenvalue weighted by atomic mass is 10.0. The van der Waals surface area contributed by atoms with Gasteiger partial charge in [0.25, 0.3) is 0 Å². The first kappa shape index (κ1) is 25.1. The first-order valence-corrected chi connectivity index (χ1v) is 9.13. The van der Waals surface area contributed by atoms with Crippen LogP contribution < -0.4 is 0 Å². The largest absolute Gasteiger partial charge is 0.308 e. The van der Waals surface area contributed by atoms with Crippen molar-refractivity contribution in [2.45, 2.75) is 66.7 Å². The number of unbranched alkanes of at least 4 members (excludes halogenated alkanes) is 1. The lowest BCUT2D eigenvalue weighted by Crippen LogP contribution is -1.97. The van der Waals surface area contributed by atoms with Crippen molar-refractivity contribution in [1.29, 1.82) is 5.41 Å². The summed E-state index contributed by atoms with van der Waals surface area (Å²) in [5, 5.41) is 7.24. The van der Waals surface area contributed by atoms with Crippen LogP contribution in [0.5, 0.6) is 0 Å². The van der Waals surface area contributed by atoms with E-state index in [9.17, 15) is 0 Å². The SMILES string of the molecule is CC.CCCc1ccnc(C)c1C=N.[CH]=C=CCCCC(=C)/C=C\C. The Morgan fingerprint density at radius 1 is 1.40 bits per heavy atom. The van der Waals surface area contributed by atoms with Crippen molar-refractivity contribution in [3.63, 3.8) is 0 Å². The Kier molecular flexibility index (Phi) is 18.2. The topological polar surface area (TPSA) is 36.7 Å². The van der Waals surface area contributed by atoms with Gasteiger partial charge in [0.2, 0.25) is 0 Å². The molecule has 0 aliphatic rings. The standard InChI is InChI=1S/C11H15.C10H14N2.C2H6/c1-4-6-7-8-10-11(3)9-5-2;1-3-4-9-5-6-12-8(2)10(9)7-11;1-2/h1,5-6,9H,3,7-8,10H2,2H3;5-7,11H,3-4H2,1-2H3;1-2H3/b9-5-;;. The second-order valence-corrected chi connectivity index (χ2v) is 5.28. The van der Waals surface area contributed by atoms with Crippen LogP contribution in [0.2, 0.25) is 0 Å². The fourth-order valence-corrected chi connectivity index (χ4v) is 2.15. The molecule has 0 saturated carbocycles. The number of rotatable bonds is 8. The van der Waals surface area contributed by atoms with E-state index in [2.05, 4.69) is 24.2 Å². The van der Waals surface area contributed by atoms with E-state index in [0.717, 1.165) is 43.4 Å². The molecule has 1 aromatic heterocycles. The minimum atomic E-state index is 0.955. The van der Waals surface area contributed by atoms with Crippen LogP contribution in [0.4, 0.5) is 0 Å². The van der Waals surface area contributed by atoms with E-state index in [4.69, 9.17) is 12.0 Å². The average Bonchev–Trinajstić information content (AvgIpc) is 2.62. The van der Waals surface area contributed by atoms with Crippen LogP contribution in [0.15, 0.2) is 48.4 Å². The maximum absolute atomic E-state index is 7.24. The zero-order chi connectivity index (χ0) is 19.5. The smallest absolute Gasteiger partial charge is 0.0462 e. The van der Waals surface area contributed by atoms with E-state index in [1.807, 2.05) is 58.2 Å². The highest BCUT2D eigenvalue weighted by Gasteiger charge is 2.01. The van der Waals surface area contributed by atoms with Gasteiger partial charge in [-0.25, -0.2) is 0 Å². The van der Waals surface area contributed by atoms with Crippen LogP contribution in [0.1, 0.15) is 70.2 Å². The van der Waals surface area contributed by atoms with Gasteiger partial charge in [-0.1, -0.05) is 51.5 Å². The van der Waals surface area contributed by atoms with Crippen LogP contribution in [-0.4, -0.2) is 11.2 Å². The summed E-state index contributed by atoms with van der Waals surface area (Å²) in [5.74, 6) is 0. The molecule has 0 bridgehead atoms. The van der Waals surface area contributed by atoms with Gasteiger partial charge in [-0.15, -0.1) is 5.73 Å². The first-order chi connectivity index (χ1) is 12.1. The molecule has 2 heteroatoms. The molecule has 1 N–H and O–H groups in total. The number of allylic oxidation sites excluding steroid dienone is 4. The van der Waals surface area contributed by atoms with Crippen LogP contribution in [-0.2, 0) is 6.42 Å². The Bertz CT molecular complexity index is 561. The lowest BCUT2D eigenvalue weighted by Gasteiger charge is -2.05. The summed E-state index contributed by atoms with van der Waals surface area (Å²) in [7, 11) is 0. The van der Waals surface area contributed by atoms with Gasteiger partial charge in [0, 0.05) is 23.7 Å². The maximum Gasteiger partial charge on any atom is 0.0462 e. The summed E-state index contributed by atoms with van der Waals surface area (Å²) in [6, 6.07) is 2.00. The molecule has 2 nitrogen and oxygen atoms in total. The zero-order valence-corrected chi connectivity index (χ0v) is 16.7. The van der Waals surface area contributed by atoms with Crippen molar-refractivity contribution in [1.82, 2.24) is 4.98 Å². The Balaban J connectivity index is 0. The second kappa shape index (κ2) is 18.2. The molecule has 25 heavy (non-hydrogen) atoms. The van der Waals surface area contributed by atoms with Crippen molar-refractivity contribution in [2.75, 3.05) is 0 Å². The molecule has 0 saturated heterocycles. The van der Waals surface area contributed by atoms with Crippen LogP contribution in [0.25, 0.3) is 0 Å². The zero-order valence-electron chi connectivity index (χ0n) is 16.7.